The maximum atomic E-state index is 10.3. The van der Waals surface area contributed by atoms with E-state index in [1.165, 1.54) is 23.5 Å². The fourth-order valence-electron chi connectivity index (χ4n) is 1.41. The van der Waals surface area contributed by atoms with Crippen molar-refractivity contribution in [1.82, 2.24) is 0 Å². The number of thiophene rings is 1. The minimum Gasteiger partial charge on any atom is -0.740 e. The van der Waals surface area contributed by atoms with Gasteiger partial charge in [0.1, 0.15) is 22.9 Å². The number of anilines is 1. The highest BCUT2D eigenvalue weighted by Gasteiger charge is 2.10. The summed E-state index contributed by atoms with van der Waals surface area (Å²) in [6, 6.07) is 6.23. The maximum absolute atomic E-state index is 10.3. The van der Waals surface area contributed by atoms with E-state index in [-0.39, 0.29) is 11.5 Å². The lowest BCUT2D eigenvalue weighted by atomic mass is 10.1. The highest BCUT2D eigenvalue weighted by Crippen LogP contribution is 2.39. The van der Waals surface area contributed by atoms with Crippen LogP contribution in [0.4, 0.5) is 5.00 Å². The Hall–Kier alpha value is -1.57. The van der Waals surface area contributed by atoms with Gasteiger partial charge in [0.15, 0.2) is 0 Å². The van der Waals surface area contributed by atoms with Crippen LogP contribution in [0.1, 0.15) is 0 Å². The van der Waals surface area contributed by atoms with Crippen LogP contribution in [0.5, 0.6) is 11.5 Å². The fraction of sp³-hybridized carbons (Fsp3) is 0. The minimum atomic E-state index is -2.59. The highest BCUT2D eigenvalue weighted by molar-refractivity contribution is 7.74. The second kappa shape index (κ2) is 4.74. The summed E-state index contributed by atoms with van der Waals surface area (Å²) in [4.78, 5) is 0. The molecular formula is C10H8NO4S2-. The van der Waals surface area contributed by atoms with Crippen LogP contribution in [0.15, 0.2) is 29.6 Å². The number of aromatic hydroxyl groups is 1. The van der Waals surface area contributed by atoms with E-state index in [4.69, 9.17) is 5.73 Å². The molecule has 0 aliphatic heterocycles. The smallest absolute Gasteiger partial charge is 0.139 e. The SMILES string of the molecule is Nc1scc(O)c1-c1ccc(OS(=O)[O-])cc1. The van der Waals surface area contributed by atoms with Gasteiger partial charge in [-0.05, 0) is 17.7 Å². The molecule has 1 heterocycles. The molecule has 0 bridgehead atoms. The molecule has 17 heavy (non-hydrogen) atoms. The number of hydrogen-bond donors (Lipinski definition) is 2. The largest absolute Gasteiger partial charge is 0.740 e. The summed E-state index contributed by atoms with van der Waals surface area (Å²) in [6.45, 7) is 0. The van der Waals surface area contributed by atoms with Gasteiger partial charge in [-0.15, -0.1) is 11.3 Å². The van der Waals surface area contributed by atoms with Crippen molar-refractivity contribution in [3.63, 3.8) is 0 Å². The number of hydrogen-bond acceptors (Lipinski definition) is 6. The van der Waals surface area contributed by atoms with Crippen LogP contribution >= 0.6 is 11.3 Å². The summed E-state index contributed by atoms with van der Waals surface area (Å²) in [5.74, 6) is 0.309. The first-order valence-electron chi connectivity index (χ1n) is 4.52. The van der Waals surface area contributed by atoms with E-state index in [0.717, 1.165) is 0 Å². The molecule has 0 spiro atoms. The van der Waals surface area contributed by atoms with Crippen molar-refractivity contribution in [3.8, 4) is 22.6 Å². The maximum Gasteiger partial charge on any atom is 0.139 e. The fourth-order valence-corrected chi connectivity index (χ4v) is 2.37. The highest BCUT2D eigenvalue weighted by atomic mass is 32.2. The van der Waals surface area contributed by atoms with E-state index < -0.39 is 11.4 Å². The van der Waals surface area contributed by atoms with Gasteiger partial charge in [-0.1, -0.05) is 12.1 Å². The Morgan fingerprint density at radius 3 is 2.47 bits per heavy atom. The van der Waals surface area contributed by atoms with Crippen molar-refractivity contribution in [2.75, 3.05) is 5.73 Å². The molecule has 0 saturated carbocycles. The van der Waals surface area contributed by atoms with Crippen LogP contribution in [0.3, 0.4) is 0 Å². The molecule has 0 saturated heterocycles. The van der Waals surface area contributed by atoms with Crippen molar-refractivity contribution in [1.29, 1.82) is 0 Å². The van der Waals surface area contributed by atoms with Gasteiger partial charge in [0, 0.05) is 5.38 Å². The zero-order valence-electron chi connectivity index (χ0n) is 8.45. The molecule has 0 aliphatic carbocycles. The summed E-state index contributed by atoms with van der Waals surface area (Å²) in [5.41, 5.74) is 6.97. The first-order chi connectivity index (χ1) is 8.08. The number of nitrogen functional groups attached to an aromatic ring is 1. The van der Waals surface area contributed by atoms with Crippen molar-refractivity contribution in [3.05, 3.63) is 29.6 Å². The summed E-state index contributed by atoms with van der Waals surface area (Å²) >= 11 is -1.35. The summed E-state index contributed by atoms with van der Waals surface area (Å²) in [7, 11) is 0. The van der Waals surface area contributed by atoms with E-state index in [2.05, 4.69) is 4.18 Å². The molecule has 0 aliphatic rings. The third kappa shape index (κ3) is 2.57. The van der Waals surface area contributed by atoms with E-state index in [1.807, 2.05) is 0 Å². The second-order valence-corrected chi connectivity index (χ2v) is 4.66. The molecule has 2 aromatic rings. The van der Waals surface area contributed by atoms with Crippen molar-refractivity contribution in [2.24, 2.45) is 0 Å². The van der Waals surface area contributed by atoms with Crippen molar-refractivity contribution in [2.45, 2.75) is 0 Å². The van der Waals surface area contributed by atoms with Gasteiger partial charge in [0.05, 0.1) is 10.6 Å². The quantitative estimate of drug-likeness (QED) is 0.830. The van der Waals surface area contributed by atoms with Crippen LogP contribution in [-0.2, 0) is 11.4 Å². The Labute approximate surface area is 104 Å². The van der Waals surface area contributed by atoms with Gasteiger partial charge >= 0.3 is 0 Å². The zero-order chi connectivity index (χ0) is 12.4. The van der Waals surface area contributed by atoms with Crippen molar-refractivity contribution < 1.29 is 18.1 Å². The molecule has 1 aromatic heterocycles. The van der Waals surface area contributed by atoms with Gasteiger partial charge in [-0.3, -0.25) is 0 Å². The number of benzene rings is 1. The molecule has 1 unspecified atom stereocenters. The molecule has 7 heteroatoms. The molecule has 90 valence electrons. The molecule has 0 fully saturated rings. The Kier molecular flexibility index (Phi) is 3.32. The Morgan fingerprint density at radius 1 is 1.35 bits per heavy atom. The normalized spacial score (nSPS) is 12.3. The Balaban J connectivity index is 2.33. The number of rotatable bonds is 3. The molecular weight excluding hydrogens is 262 g/mol. The van der Waals surface area contributed by atoms with Gasteiger partial charge in [-0.25, -0.2) is 4.21 Å². The first kappa shape index (κ1) is 11.9. The van der Waals surface area contributed by atoms with Gasteiger partial charge in [-0.2, -0.15) is 0 Å². The predicted molar refractivity (Wildman–Crippen MR) is 65.4 cm³/mol. The van der Waals surface area contributed by atoms with Gasteiger partial charge in [0.25, 0.3) is 0 Å². The molecule has 2 rings (SSSR count). The van der Waals surface area contributed by atoms with E-state index in [1.54, 1.807) is 17.5 Å². The van der Waals surface area contributed by atoms with E-state index >= 15 is 0 Å². The minimum absolute atomic E-state index is 0.105. The second-order valence-electron chi connectivity index (χ2n) is 3.17. The number of nitrogens with two attached hydrogens (primary N) is 1. The van der Waals surface area contributed by atoms with E-state index in [0.29, 0.717) is 16.1 Å². The van der Waals surface area contributed by atoms with Crippen molar-refractivity contribution >= 4 is 27.7 Å². The van der Waals surface area contributed by atoms with Crippen LogP contribution in [0, 0.1) is 0 Å². The molecule has 0 radical (unpaired) electrons. The van der Waals surface area contributed by atoms with Crippen LogP contribution in [-0.4, -0.2) is 13.9 Å². The zero-order valence-corrected chi connectivity index (χ0v) is 10.1. The van der Waals surface area contributed by atoms with Crippen LogP contribution in [0.25, 0.3) is 11.1 Å². The lowest BCUT2D eigenvalue weighted by molar-refractivity contribution is 0.440. The third-order valence-electron chi connectivity index (χ3n) is 2.11. The average Bonchev–Trinajstić information content (AvgIpc) is 2.59. The molecule has 3 N–H and O–H groups in total. The van der Waals surface area contributed by atoms with Gasteiger partial charge < -0.3 is 19.6 Å². The predicted octanol–water partition coefficient (Wildman–Crippen LogP) is 1.88. The third-order valence-corrected chi connectivity index (χ3v) is 3.24. The Morgan fingerprint density at radius 2 is 2.00 bits per heavy atom. The molecule has 0 amide bonds. The summed E-state index contributed by atoms with van der Waals surface area (Å²) < 4.78 is 25.1. The average molecular weight is 270 g/mol. The lowest BCUT2D eigenvalue weighted by Gasteiger charge is -2.07. The summed E-state index contributed by atoms with van der Waals surface area (Å²) in [5, 5.41) is 11.6. The lowest BCUT2D eigenvalue weighted by Crippen LogP contribution is -1.97. The van der Waals surface area contributed by atoms with Crippen LogP contribution in [0.2, 0.25) is 0 Å². The first-order valence-corrected chi connectivity index (χ1v) is 6.40. The topological polar surface area (TPSA) is 95.6 Å². The van der Waals surface area contributed by atoms with Crippen LogP contribution < -0.4 is 9.92 Å². The van der Waals surface area contributed by atoms with Gasteiger partial charge in [0.2, 0.25) is 0 Å². The van der Waals surface area contributed by atoms with E-state index in [9.17, 15) is 13.9 Å². The molecule has 5 nitrogen and oxygen atoms in total. The molecule has 1 aromatic carbocycles. The molecule has 1 atom stereocenters. The monoisotopic (exact) mass is 270 g/mol. The standard InChI is InChI=1S/C10H9NO4S2/c11-10-9(8(12)5-16-10)6-1-3-7(4-2-6)15-17(13)14/h1-5,12H,11H2,(H,13,14)/p-1. The Bertz CT molecular complexity index is 530. The summed E-state index contributed by atoms with van der Waals surface area (Å²) in [6.07, 6.45) is 0.